The summed E-state index contributed by atoms with van der Waals surface area (Å²) in [5.41, 5.74) is 6.02. The van der Waals surface area contributed by atoms with Gasteiger partial charge in [-0.3, -0.25) is 0 Å². The van der Waals surface area contributed by atoms with Gasteiger partial charge in [0.05, 0.1) is 4.91 Å². The number of benzene rings is 1. The van der Waals surface area contributed by atoms with Crippen molar-refractivity contribution in [1.29, 1.82) is 0 Å². The molecule has 2 N–H and O–H groups in total. The molecule has 1 fully saturated rings. The second-order valence-electron chi connectivity index (χ2n) is 3.64. The number of thioether (sulfide) groups is 1. The first kappa shape index (κ1) is 16.5. The summed E-state index contributed by atoms with van der Waals surface area (Å²) in [6.07, 6.45) is 1.73. The van der Waals surface area contributed by atoms with E-state index < -0.39 is 0 Å². The Morgan fingerprint density at radius 3 is 2.63 bits per heavy atom. The molecule has 0 saturated carbocycles. The Kier molecular flexibility index (Phi) is 6.35. The number of nitrogens with two attached hydrogens (primary N) is 1. The summed E-state index contributed by atoms with van der Waals surface area (Å²) >= 11 is 11.9. The van der Waals surface area contributed by atoms with Crippen molar-refractivity contribution in [3.8, 4) is 0 Å². The maximum atomic E-state index is 13.5. The lowest BCUT2D eigenvalue weighted by Gasteiger charge is -2.14. The lowest BCUT2D eigenvalue weighted by atomic mass is 10.2. The monoisotopic (exact) mass is 334 g/mol. The summed E-state index contributed by atoms with van der Waals surface area (Å²) in [5, 5.41) is 0. The van der Waals surface area contributed by atoms with Crippen molar-refractivity contribution in [2.45, 2.75) is 0 Å². The first-order valence-corrected chi connectivity index (χ1v) is 6.96. The number of rotatable bonds is 3. The minimum absolute atomic E-state index is 0. The molecule has 1 aliphatic rings. The topological polar surface area (TPSA) is 29.3 Å². The highest BCUT2D eigenvalue weighted by Gasteiger charge is 2.27. The predicted octanol–water partition coefficient (Wildman–Crippen LogP) is 3.21. The quantitative estimate of drug-likeness (QED) is 0.677. The number of hydrogen-bond donors (Lipinski definition) is 1. The van der Waals surface area contributed by atoms with Gasteiger partial charge in [-0.1, -0.05) is 54.4 Å². The van der Waals surface area contributed by atoms with E-state index in [0.29, 0.717) is 28.0 Å². The molecule has 1 heterocycles. The van der Waals surface area contributed by atoms with Crippen LogP contribution in [-0.4, -0.2) is 27.3 Å². The third-order valence-corrected chi connectivity index (χ3v) is 4.38. The summed E-state index contributed by atoms with van der Waals surface area (Å²) in [6.45, 7) is 1.08. The molecule has 2 rings (SSSR count). The SMILES string of the molecule is Cl.NCCN1C(=S)S/C(=C\c2ccccc2F)C1=S. The fourth-order valence-electron chi connectivity index (χ4n) is 1.56. The third-order valence-electron chi connectivity index (χ3n) is 2.42. The Morgan fingerprint density at radius 1 is 1.32 bits per heavy atom. The Hall–Kier alpha value is -0.530. The van der Waals surface area contributed by atoms with E-state index in [-0.39, 0.29) is 18.2 Å². The molecule has 2 nitrogen and oxygen atoms in total. The van der Waals surface area contributed by atoms with E-state index in [4.69, 9.17) is 30.2 Å². The Morgan fingerprint density at radius 2 is 2.00 bits per heavy atom. The van der Waals surface area contributed by atoms with Crippen LogP contribution in [0, 0.1) is 5.82 Å². The maximum Gasteiger partial charge on any atom is 0.146 e. The van der Waals surface area contributed by atoms with Gasteiger partial charge in [0.25, 0.3) is 0 Å². The average Bonchev–Trinajstić information content (AvgIpc) is 2.60. The zero-order valence-corrected chi connectivity index (χ0v) is 13.1. The normalized spacial score (nSPS) is 16.9. The molecule has 102 valence electrons. The molecule has 1 aromatic rings. The Labute approximate surface area is 132 Å². The van der Waals surface area contributed by atoms with Crippen molar-refractivity contribution >= 4 is 64.0 Å². The zero-order valence-electron chi connectivity index (χ0n) is 9.84. The molecular formula is C12H12ClFN2S3. The first-order chi connectivity index (χ1) is 8.63. The van der Waals surface area contributed by atoms with Gasteiger partial charge >= 0.3 is 0 Å². The van der Waals surface area contributed by atoms with Gasteiger partial charge in [0, 0.05) is 18.7 Å². The van der Waals surface area contributed by atoms with Crippen molar-refractivity contribution in [2.24, 2.45) is 5.73 Å². The fraction of sp³-hybridized carbons (Fsp3) is 0.167. The van der Waals surface area contributed by atoms with Crippen molar-refractivity contribution in [3.63, 3.8) is 0 Å². The van der Waals surface area contributed by atoms with Gasteiger partial charge in [-0.25, -0.2) is 4.39 Å². The second kappa shape index (κ2) is 7.31. The predicted molar refractivity (Wildman–Crippen MR) is 90.2 cm³/mol. The maximum absolute atomic E-state index is 13.5. The summed E-state index contributed by atoms with van der Waals surface area (Å²) in [4.78, 5) is 3.23. The smallest absolute Gasteiger partial charge is 0.146 e. The number of hydrogen-bond acceptors (Lipinski definition) is 4. The molecule has 0 aromatic heterocycles. The minimum atomic E-state index is -0.267. The van der Waals surface area contributed by atoms with E-state index in [2.05, 4.69) is 0 Å². The largest absolute Gasteiger partial charge is 0.329 e. The molecule has 0 radical (unpaired) electrons. The zero-order chi connectivity index (χ0) is 13.1. The molecule has 0 aliphatic carbocycles. The highest BCUT2D eigenvalue weighted by atomic mass is 35.5. The summed E-state index contributed by atoms with van der Waals surface area (Å²) < 4.78 is 14.2. The highest BCUT2D eigenvalue weighted by molar-refractivity contribution is 8.27. The Balaban J connectivity index is 0.00000180. The van der Waals surface area contributed by atoms with Gasteiger partial charge in [-0.2, -0.15) is 0 Å². The lowest BCUT2D eigenvalue weighted by Crippen LogP contribution is -2.31. The van der Waals surface area contributed by atoms with Crippen molar-refractivity contribution in [3.05, 3.63) is 40.6 Å². The summed E-state index contributed by atoms with van der Waals surface area (Å²) in [7, 11) is 0. The highest BCUT2D eigenvalue weighted by Crippen LogP contribution is 2.33. The van der Waals surface area contributed by atoms with Gasteiger partial charge in [-0.15, -0.1) is 12.4 Å². The van der Waals surface area contributed by atoms with Gasteiger partial charge < -0.3 is 10.6 Å². The molecular weight excluding hydrogens is 323 g/mol. The van der Waals surface area contributed by atoms with Crippen molar-refractivity contribution < 1.29 is 4.39 Å². The molecule has 0 amide bonds. The van der Waals surface area contributed by atoms with Crippen LogP contribution in [0.4, 0.5) is 4.39 Å². The number of halogens is 2. The van der Waals surface area contributed by atoms with E-state index >= 15 is 0 Å². The van der Waals surface area contributed by atoms with Crippen LogP contribution in [-0.2, 0) is 0 Å². The lowest BCUT2D eigenvalue weighted by molar-refractivity contribution is 0.625. The van der Waals surface area contributed by atoms with Gasteiger partial charge in [0.1, 0.15) is 15.1 Å². The molecule has 0 unspecified atom stereocenters. The van der Waals surface area contributed by atoms with Gasteiger partial charge in [0.2, 0.25) is 0 Å². The van der Waals surface area contributed by atoms with Crippen LogP contribution in [0.5, 0.6) is 0 Å². The van der Waals surface area contributed by atoms with E-state index in [9.17, 15) is 4.39 Å². The summed E-state index contributed by atoms with van der Waals surface area (Å²) in [5.74, 6) is -0.267. The van der Waals surface area contributed by atoms with Crippen molar-refractivity contribution in [2.75, 3.05) is 13.1 Å². The third kappa shape index (κ3) is 3.73. The average molecular weight is 335 g/mol. The van der Waals surface area contributed by atoms with Crippen LogP contribution < -0.4 is 5.73 Å². The molecule has 0 atom stereocenters. The molecule has 0 bridgehead atoms. The van der Waals surface area contributed by atoms with Crippen LogP contribution in [0.1, 0.15) is 5.56 Å². The number of thiocarbonyl (C=S) groups is 2. The standard InChI is InChI=1S/C12H11FN2S3.ClH/c13-9-4-2-1-3-8(9)7-10-11(16)15(6-5-14)12(17)18-10;/h1-4,7H,5-6,14H2;1H/b10-7-;. The van der Waals surface area contributed by atoms with Crippen LogP contribution in [0.25, 0.3) is 6.08 Å². The molecule has 0 spiro atoms. The van der Waals surface area contributed by atoms with Crippen LogP contribution >= 0.6 is 48.6 Å². The van der Waals surface area contributed by atoms with E-state index in [1.807, 2.05) is 4.90 Å². The minimum Gasteiger partial charge on any atom is -0.329 e. The van der Waals surface area contributed by atoms with Crippen molar-refractivity contribution in [1.82, 2.24) is 4.90 Å². The van der Waals surface area contributed by atoms with Gasteiger partial charge in [-0.05, 0) is 12.1 Å². The fourth-order valence-corrected chi connectivity index (χ4v) is 3.35. The molecule has 19 heavy (non-hydrogen) atoms. The first-order valence-electron chi connectivity index (χ1n) is 5.33. The van der Waals surface area contributed by atoms with Crippen LogP contribution in [0.3, 0.4) is 0 Å². The van der Waals surface area contributed by atoms with Gasteiger partial charge in [0.15, 0.2) is 0 Å². The van der Waals surface area contributed by atoms with Crippen LogP contribution in [0.15, 0.2) is 29.2 Å². The van der Waals surface area contributed by atoms with Crippen LogP contribution in [0.2, 0.25) is 0 Å². The van der Waals surface area contributed by atoms with E-state index in [0.717, 1.165) is 4.91 Å². The molecule has 1 aromatic carbocycles. The number of nitrogens with zero attached hydrogens (tertiary/aromatic N) is 1. The molecule has 7 heteroatoms. The summed E-state index contributed by atoms with van der Waals surface area (Å²) in [6, 6.07) is 6.57. The molecule has 1 saturated heterocycles. The van der Waals surface area contributed by atoms with E-state index in [1.165, 1.54) is 17.8 Å². The van der Waals surface area contributed by atoms with E-state index in [1.54, 1.807) is 24.3 Å². The Bertz CT molecular complexity index is 533. The molecule has 1 aliphatic heterocycles. The second-order valence-corrected chi connectivity index (χ2v) is 5.71.